The summed E-state index contributed by atoms with van der Waals surface area (Å²) in [4.78, 5) is 11.1. The molecule has 4 atom stereocenters. The molecule has 0 aromatic carbocycles. The Morgan fingerprint density at radius 2 is 2.17 bits per heavy atom. The lowest BCUT2D eigenvalue weighted by Crippen LogP contribution is -2.46. The van der Waals surface area contributed by atoms with Gasteiger partial charge in [0, 0.05) is 0 Å². The maximum atomic E-state index is 11.1. The quantitative estimate of drug-likeness (QED) is 0.241. The molecule has 0 heterocycles. The highest BCUT2D eigenvalue weighted by atomic mass is 16.4. The van der Waals surface area contributed by atoms with E-state index in [2.05, 4.69) is 20.4 Å². The first-order valence-electron chi connectivity index (χ1n) is 6.82. The minimum Gasteiger partial charge on any atom is -0.394 e. The molecule has 0 bridgehead atoms. The maximum Gasteiger partial charge on any atom is 0.211 e. The molecule has 0 radical (unpaired) electrons. The lowest BCUT2D eigenvalue weighted by atomic mass is 10.0. The smallest absolute Gasteiger partial charge is 0.211 e. The van der Waals surface area contributed by atoms with Gasteiger partial charge < -0.3 is 30.3 Å². The lowest BCUT2D eigenvalue weighted by molar-refractivity contribution is -0.136. The summed E-state index contributed by atoms with van der Waals surface area (Å²) >= 11 is 0. The summed E-state index contributed by atoms with van der Waals surface area (Å²) in [7, 11) is 0. The second kappa shape index (κ2) is 5.18. The van der Waals surface area contributed by atoms with Gasteiger partial charge in [-0.05, 0) is 0 Å². The van der Waals surface area contributed by atoms with E-state index < -0.39 is 37.2 Å². The molecule has 0 aliphatic rings. The topological polar surface area (TPSA) is 118 Å². The third-order valence-electron chi connectivity index (χ3n) is 0.902. The first-order chi connectivity index (χ1) is 9.50. The number of hydrogen-bond donors (Lipinski definition) is 5. The van der Waals surface area contributed by atoms with Gasteiger partial charge in [-0.1, -0.05) is 0 Å². The van der Waals surface area contributed by atoms with Gasteiger partial charge >= 0.3 is 0 Å². The summed E-state index contributed by atoms with van der Waals surface area (Å²) in [6.07, 6.45) is -16.8. The fraction of sp³-hybridized carbons (Fsp3) is 0.833. The molecular formula is C6H12O6. The van der Waals surface area contributed by atoms with Gasteiger partial charge in [-0.3, -0.25) is 0 Å². The average molecular weight is 189 g/mol. The van der Waals surface area contributed by atoms with Crippen molar-refractivity contribution in [2.24, 2.45) is 0 Å². The van der Waals surface area contributed by atoms with Crippen LogP contribution in [-0.4, -0.2) is 68.5 Å². The van der Waals surface area contributed by atoms with E-state index in [-0.39, 0.29) is 0 Å². The average Bonchev–Trinajstić information content (AvgIpc) is 2.50. The fourth-order valence-electron chi connectivity index (χ4n) is 0.348. The normalized spacial score (nSPS) is 41.9. The van der Waals surface area contributed by atoms with Crippen molar-refractivity contribution < 1.29 is 37.2 Å². The van der Waals surface area contributed by atoms with E-state index in [4.69, 9.17) is 17.7 Å². The molecule has 6 heteroatoms. The Labute approximate surface area is 81.7 Å². The standard InChI is InChI=1S/C6H12O6/c7-1-3(9)5(11)6(12)4(10)2-8/h1,3-6,8-12H,2H2/t3-,4-,5-,6-/m1/s1/i1D,3D,4D,5D,6D,9D,10D,11D,12D. The van der Waals surface area contributed by atoms with Crippen LogP contribution in [-0.2, 0) is 4.79 Å². The molecule has 0 spiro atoms. The van der Waals surface area contributed by atoms with Crippen LogP contribution in [0.3, 0.4) is 0 Å². The Morgan fingerprint density at radius 1 is 1.42 bits per heavy atom. The Bertz CT molecular complexity index is 382. The maximum absolute atomic E-state index is 11.1. The summed E-state index contributed by atoms with van der Waals surface area (Å²) in [6, 6.07) is 0. The molecule has 0 aromatic rings. The molecule has 0 rings (SSSR count). The second-order valence-electron chi connectivity index (χ2n) is 1.67. The van der Waals surface area contributed by atoms with Crippen molar-refractivity contribution in [3.63, 3.8) is 0 Å². The molecule has 0 amide bonds. The first kappa shape index (κ1) is 3.32. The van der Waals surface area contributed by atoms with Gasteiger partial charge in [0.25, 0.3) is 0 Å². The van der Waals surface area contributed by atoms with Crippen molar-refractivity contribution in [2.75, 3.05) is 6.61 Å². The van der Waals surface area contributed by atoms with Crippen LogP contribution in [0, 0.1) is 0 Å². The molecular weight excluding hydrogens is 168 g/mol. The lowest BCUT2D eigenvalue weighted by Gasteiger charge is -2.22. The van der Waals surface area contributed by atoms with E-state index in [1.165, 1.54) is 0 Å². The molecule has 72 valence electrons. The zero-order chi connectivity index (χ0) is 17.1. The van der Waals surface area contributed by atoms with Crippen molar-refractivity contribution in [1.29, 1.82) is 5.72 Å². The largest absolute Gasteiger partial charge is 0.394 e. The molecule has 0 unspecified atom stereocenters. The van der Waals surface area contributed by atoms with E-state index in [1.807, 2.05) is 0 Å². The molecule has 0 aliphatic carbocycles. The minimum atomic E-state index is -3.84. The Balaban J connectivity index is 6.38. The Kier molecular flexibility index (Phi) is 1.43. The van der Waals surface area contributed by atoms with Crippen LogP contribution in [0.15, 0.2) is 0 Å². The third kappa shape index (κ3) is 2.84. The van der Waals surface area contributed by atoms with Gasteiger partial charge in [-0.2, -0.15) is 0 Å². The Morgan fingerprint density at radius 3 is 2.50 bits per heavy atom. The minimum absolute atomic E-state index is 1.55. The molecule has 5 N–H and O–H groups in total. The van der Waals surface area contributed by atoms with Gasteiger partial charge in [-0.15, -0.1) is 0 Å². The van der Waals surface area contributed by atoms with Gasteiger partial charge in [-0.25, -0.2) is 0 Å². The molecule has 0 saturated heterocycles. The number of carbonyl (C=O) groups excluding carboxylic acids is 1. The van der Waals surface area contributed by atoms with Gasteiger partial charge in [0.2, 0.25) is 5.72 Å². The number of rotatable bonds is 9. The molecule has 6 nitrogen and oxygen atoms in total. The highest BCUT2D eigenvalue weighted by Crippen LogP contribution is 2.02. The highest BCUT2D eigenvalue weighted by Gasteiger charge is 2.29. The van der Waals surface area contributed by atoms with Crippen LogP contribution in [0.5, 0.6) is 0 Å². The predicted octanol–water partition coefficient (Wildman–Crippen LogP) is -3.38. The molecule has 0 saturated carbocycles. The van der Waals surface area contributed by atoms with E-state index in [0.29, 0.717) is 0 Å². The van der Waals surface area contributed by atoms with Gasteiger partial charge in [0.05, 0.1) is 12.1 Å². The van der Waals surface area contributed by atoms with Gasteiger partial charge in [0.15, 0.2) is 6.26 Å². The number of aliphatic hydroxyl groups is 5. The van der Waals surface area contributed by atoms with Crippen molar-refractivity contribution in [1.82, 2.24) is 0 Å². The number of aliphatic hydroxyl groups excluding tert-OH is 1. The van der Waals surface area contributed by atoms with Crippen LogP contribution in [0.4, 0.5) is 0 Å². The van der Waals surface area contributed by atoms with E-state index in [0.717, 1.165) is 0 Å². The summed E-state index contributed by atoms with van der Waals surface area (Å²) in [5.74, 6) is 0. The fourth-order valence-corrected chi connectivity index (χ4v) is 0.348. The zero-order valence-electron chi connectivity index (χ0n) is 14.7. The highest BCUT2D eigenvalue weighted by molar-refractivity contribution is 5.56. The first-order valence-corrected chi connectivity index (χ1v) is 2.69. The van der Waals surface area contributed by atoms with Crippen LogP contribution < -0.4 is 0 Å². The Hall–Kier alpha value is -0.530. The van der Waals surface area contributed by atoms with Crippen LogP contribution in [0.25, 0.3) is 0 Å². The van der Waals surface area contributed by atoms with Crippen LogP contribution in [0.1, 0.15) is 6.85 Å². The molecule has 0 aliphatic heterocycles. The zero-order valence-corrected chi connectivity index (χ0v) is 5.70. The summed E-state index contributed by atoms with van der Waals surface area (Å²) < 4.78 is 63.7. The SMILES string of the molecule is [2H]O[C@@]([2H])([C@]([2H])(O[2H])[C@]([2H])(O[2H])C([2H])=O)[C@@]([2H])(CO)O[2H]. The van der Waals surface area contributed by atoms with E-state index in [1.54, 1.807) is 0 Å². The van der Waals surface area contributed by atoms with Crippen LogP contribution >= 0.6 is 0 Å². The van der Waals surface area contributed by atoms with Crippen molar-refractivity contribution >= 4 is 6.26 Å². The molecule has 0 fully saturated rings. The van der Waals surface area contributed by atoms with Crippen molar-refractivity contribution in [3.05, 3.63) is 0 Å². The van der Waals surface area contributed by atoms with E-state index >= 15 is 0 Å². The van der Waals surface area contributed by atoms with Crippen LogP contribution in [0.2, 0.25) is 0 Å². The predicted molar refractivity (Wildman–Crippen MR) is 37.2 cm³/mol. The number of carbonyl (C=O) groups is 1. The van der Waals surface area contributed by atoms with E-state index in [9.17, 15) is 4.79 Å². The summed E-state index contributed by atoms with van der Waals surface area (Å²) in [5, 5.41) is 23.6. The number of aldehydes is 1. The number of hydrogen-bond acceptors (Lipinski definition) is 6. The second-order valence-corrected chi connectivity index (χ2v) is 1.67. The summed E-state index contributed by atoms with van der Waals surface area (Å²) in [5.41, 5.74) is 0. The van der Waals surface area contributed by atoms with Gasteiger partial charge in [0.1, 0.15) is 25.7 Å². The van der Waals surface area contributed by atoms with Crippen molar-refractivity contribution in [3.8, 4) is 0 Å². The molecule has 12 heavy (non-hydrogen) atoms. The monoisotopic (exact) mass is 189 g/mol. The van der Waals surface area contributed by atoms with Crippen molar-refractivity contribution in [2.45, 2.75) is 24.3 Å². The molecule has 0 aromatic heterocycles. The third-order valence-corrected chi connectivity index (χ3v) is 0.902. The summed E-state index contributed by atoms with van der Waals surface area (Å²) in [6.45, 7) is -1.55.